The summed E-state index contributed by atoms with van der Waals surface area (Å²) in [7, 11) is -9.78. The molecular formula is C83H146O16P2. The van der Waals surface area contributed by atoms with E-state index in [4.69, 9.17) is 32.3 Å². The molecule has 0 heterocycles. The maximum Gasteiger partial charge on any atom is 0.472 e. The molecule has 0 bridgehead atoms. The molecule has 16 nitrogen and oxygen atoms in total. The van der Waals surface area contributed by atoms with Crippen LogP contribution >= 0.6 is 15.6 Å². The summed E-state index contributed by atoms with van der Waals surface area (Å²) in [4.78, 5) is 58.6. The number of aliphatic hydroxyl groups excluding tert-OH is 2. The Morgan fingerprint density at radius 2 is 0.525 bits per heavy atom. The molecule has 18 heteroatoms. The van der Waals surface area contributed by atoms with Gasteiger partial charge < -0.3 is 34.2 Å². The minimum Gasteiger partial charge on any atom is -0.463 e. The van der Waals surface area contributed by atoms with E-state index >= 15 is 0 Å². The van der Waals surface area contributed by atoms with Crippen LogP contribution in [0.2, 0.25) is 0 Å². The average molecular weight is 1460 g/mol. The van der Waals surface area contributed by atoms with Crippen molar-refractivity contribution in [1.29, 1.82) is 0 Å². The Labute approximate surface area is 615 Å². The van der Waals surface area contributed by atoms with Crippen LogP contribution in [0.3, 0.4) is 0 Å². The van der Waals surface area contributed by atoms with Crippen molar-refractivity contribution in [2.75, 3.05) is 39.6 Å². The molecule has 0 spiro atoms. The summed E-state index contributed by atoms with van der Waals surface area (Å²) in [5.41, 5.74) is 0. The van der Waals surface area contributed by atoms with Crippen molar-refractivity contribution in [1.82, 2.24) is 0 Å². The van der Waals surface area contributed by atoms with Crippen LogP contribution in [0.25, 0.3) is 0 Å². The van der Waals surface area contributed by atoms with E-state index in [1.807, 2.05) is 0 Å². The van der Waals surface area contributed by atoms with Crippen molar-refractivity contribution < 1.29 is 75.8 Å². The first-order valence-corrected chi connectivity index (χ1v) is 43.2. The SMILES string of the molecule is CC/C=C\C/C=C\C/C=C\C/C=C\C/C=C\CCCCCCCCCCCCCCCCCC(=O)OCC(O)COP(=O)(O)OCC(O)COP(=O)(O)OCC(COC(=O)CCCCCCC/C=C\C/C=C\C/C=C\C/C=C\CCCCC)OC(=O)CCCCCCCCCCCCCCC. The van der Waals surface area contributed by atoms with Crippen molar-refractivity contribution >= 4 is 33.6 Å². The van der Waals surface area contributed by atoms with Crippen LogP contribution in [-0.2, 0) is 55.8 Å². The second-order valence-corrected chi connectivity index (χ2v) is 29.8. The lowest BCUT2D eigenvalue weighted by Crippen LogP contribution is -2.30. The first-order chi connectivity index (χ1) is 49.2. The number of hydrogen-bond acceptors (Lipinski definition) is 14. The molecule has 101 heavy (non-hydrogen) atoms. The van der Waals surface area contributed by atoms with Gasteiger partial charge in [0.2, 0.25) is 0 Å². The quantitative estimate of drug-likeness (QED) is 0.0146. The Morgan fingerprint density at radius 3 is 0.851 bits per heavy atom. The highest BCUT2D eigenvalue weighted by Gasteiger charge is 2.29. The van der Waals surface area contributed by atoms with Gasteiger partial charge in [-0.15, -0.1) is 0 Å². The summed E-state index contributed by atoms with van der Waals surface area (Å²) in [6.07, 6.45) is 88.6. The van der Waals surface area contributed by atoms with E-state index in [0.717, 1.165) is 128 Å². The largest absolute Gasteiger partial charge is 0.472 e. The number of phosphoric ester groups is 2. The van der Waals surface area contributed by atoms with Gasteiger partial charge in [-0.1, -0.05) is 323 Å². The molecule has 584 valence electrons. The highest BCUT2D eigenvalue weighted by Crippen LogP contribution is 2.45. The van der Waals surface area contributed by atoms with Crippen molar-refractivity contribution in [3.05, 3.63) is 109 Å². The number of rotatable bonds is 76. The van der Waals surface area contributed by atoms with Crippen LogP contribution in [0.1, 0.15) is 342 Å². The Bertz CT molecular complexity index is 2270. The lowest BCUT2D eigenvalue weighted by atomic mass is 10.0. The topological polar surface area (TPSA) is 231 Å². The molecule has 0 amide bonds. The van der Waals surface area contributed by atoms with Crippen molar-refractivity contribution in [2.24, 2.45) is 0 Å². The van der Waals surface area contributed by atoms with Gasteiger partial charge in [0.15, 0.2) is 6.10 Å². The van der Waals surface area contributed by atoms with Gasteiger partial charge in [-0.3, -0.25) is 32.5 Å². The first-order valence-electron chi connectivity index (χ1n) is 40.2. The number of ether oxygens (including phenoxy) is 3. The van der Waals surface area contributed by atoms with E-state index in [2.05, 4.69) is 130 Å². The maximum atomic E-state index is 12.9. The maximum absolute atomic E-state index is 12.9. The molecule has 0 rings (SSSR count). The lowest BCUT2D eigenvalue weighted by Gasteiger charge is -2.21. The molecule has 0 aliphatic rings. The minimum absolute atomic E-state index is 0.103. The molecule has 0 saturated heterocycles. The molecule has 0 aromatic carbocycles. The zero-order valence-corrected chi connectivity index (χ0v) is 65.6. The fraction of sp³-hybridized carbons (Fsp3) is 0.747. The summed E-state index contributed by atoms with van der Waals surface area (Å²) < 4.78 is 61.1. The number of allylic oxidation sites excluding steroid dienone is 18. The highest BCUT2D eigenvalue weighted by molar-refractivity contribution is 7.47. The van der Waals surface area contributed by atoms with Gasteiger partial charge in [0.05, 0.1) is 26.4 Å². The lowest BCUT2D eigenvalue weighted by molar-refractivity contribution is -0.161. The van der Waals surface area contributed by atoms with E-state index in [-0.39, 0.29) is 19.3 Å². The minimum atomic E-state index is -4.93. The van der Waals surface area contributed by atoms with Crippen LogP contribution in [0.15, 0.2) is 109 Å². The third kappa shape index (κ3) is 77.1. The van der Waals surface area contributed by atoms with Crippen LogP contribution < -0.4 is 0 Å². The number of hydrogen-bond donors (Lipinski definition) is 4. The van der Waals surface area contributed by atoms with Gasteiger partial charge in [-0.25, -0.2) is 9.13 Å². The van der Waals surface area contributed by atoms with Gasteiger partial charge in [-0.05, 0) is 109 Å². The van der Waals surface area contributed by atoms with Crippen LogP contribution in [0.4, 0.5) is 0 Å². The van der Waals surface area contributed by atoms with Crippen LogP contribution in [-0.4, -0.2) is 95.9 Å². The van der Waals surface area contributed by atoms with Crippen molar-refractivity contribution in [3.8, 4) is 0 Å². The normalized spacial score (nSPS) is 14.6. The summed E-state index contributed by atoms with van der Waals surface area (Å²) in [6.45, 7) is 2.55. The predicted molar refractivity (Wildman–Crippen MR) is 417 cm³/mol. The number of aliphatic hydroxyl groups is 2. The van der Waals surface area contributed by atoms with Crippen molar-refractivity contribution in [3.63, 3.8) is 0 Å². The van der Waals surface area contributed by atoms with E-state index in [0.29, 0.717) is 19.3 Å². The Kier molecular flexibility index (Phi) is 73.0. The second kappa shape index (κ2) is 75.9. The molecule has 0 fully saturated rings. The van der Waals surface area contributed by atoms with Gasteiger partial charge in [0.25, 0.3) is 0 Å². The molecule has 0 aliphatic carbocycles. The van der Waals surface area contributed by atoms with Crippen LogP contribution in [0.5, 0.6) is 0 Å². The number of carbonyl (C=O) groups is 3. The molecule has 0 aliphatic heterocycles. The van der Waals surface area contributed by atoms with Gasteiger partial charge >= 0.3 is 33.6 Å². The predicted octanol–water partition coefficient (Wildman–Crippen LogP) is 23.5. The fourth-order valence-electron chi connectivity index (χ4n) is 10.9. The molecule has 0 aromatic rings. The molecule has 0 saturated carbocycles. The Hall–Kier alpha value is -3.79. The molecule has 5 atom stereocenters. The fourth-order valence-corrected chi connectivity index (χ4v) is 12.5. The molecule has 0 aromatic heterocycles. The molecular weight excluding hydrogens is 1310 g/mol. The monoisotopic (exact) mass is 1460 g/mol. The molecule has 5 unspecified atom stereocenters. The zero-order chi connectivity index (χ0) is 73.7. The smallest absolute Gasteiger partial charge is 0.463 e. The summed E-state index contributed by atoms with van der Waals surface area (Å²) in [5, 5.41) is 20.6. The van der Waals surface area contributed by atoms with E-state index in [1.54, 1.807) is 0 Å². The highest BCUT2D eigenvalue weighted by atomic mass is 31.2. The van der Waals surface area contributed by atoms with E-state index in [9.17, 15) is 43.5 Å². The van der Waals surface area contributed by atoms with Crippen LogP contribution in [0, 0.1) is 0 Å². The number of phosphoric acid groups is 2. The first kappa shape index (κ1) is 97.2. The molecule has 4 N–H and O–H groups in total. The zero-order valence-electron chi connectivity index (χ0n) is 63.8. The third-order valence-electron chi connectivity index (χ3n) is 17.0. The average Bonchev–Trinajstić information content (AvgIpc) is 0.936. The summed E-state index contributed by atoms with van der Waals surface area (Å²) in [5.74, 6) is -1.58. The van der Waals surface area contributed by atoms with Gasteiger partial charge in [0.1, 0.15) is 25.4 Å². The summed E-state index contributed by atoms with van der Waals surface area (Å²) >= 11 is 0. The van der Waals surface area contributed by atoms with Gasteiger partial charge in [0, 0.05) is 19.3 Å². The van der Waals surface area contributed by atoms with E-state index in [1.165, 1.54) is 154 Å². The Balaban J connectivity index is 4.45. The molecule has 0 radical (unpaired) electrons. The number of unbranched alkanes of at least 4 members (excludes halogenated alkanes) is 35. The number of esters is 3. The van der Waals surface area contributed by atoms with E-state index < -0.39 is 91.5 Å². The Morgan fingerprint density at radius 1 is 0.287 bits per heavy atom. The summed E-state index contributed by atoms with van der Waals surface area (Å²) in [6, 6.07) is 0. The van der Waals surface area contributed by atoms with Gasteiger partial charge in [-0.2, -0.15) is 0 Å². The standard InChI is InChI=1S/C83H146O16P2/c1-4-7-10-13-16-19-22-25-27-29-31-33-34-35-36-37-38-39-40-41-42-44-46-47-49-52-54-57-60-63-66-69-81(86)93-72-78(84)73-95-100(89,90)96-74-79(85)75-97-101(91,92)98-77-80(99-83(88)71-68-65-62-59-56-51-24-21-18-15-12-9-6-3)76-94-82(87)70-67-64-61-58-55-53-50-48-45-43-32-30-28-26-23-20-17-14-11-8-5-2/h7,10,16-17,19-20,25-28,31-33,35-36,43,48,50,78-80,84-85H,4-6,8-9,11-15,18,21-24,29-30,34,37-42,44-47,49,51-77H2,1-3H3,(H,89,90)(H,91,92)/b10-7-,19-16-,20-17-,27-25-,28-26-,33-31-,36-35-,43-32-,50-48-. The van der Waals surface area contributed by atoms with Crippen molar-refractivity contribution in [2.45, 2.75) is 360 Å². The second-order valence-electron chi connectivity index (χ2n) is 26.8. The third-order valence-corrected chi connectivity index (χ3v) is 18.9. The number of carbonyl (C=O) groups excluding carboxylic acids is 3.